The molecule has 0 aliphatic heterocycles. The Bertz CT molecular complexity index is 294. The standard InChI is InChI=1S/C12H16NO/c1-12(10-14,9-13(2)3)11-7-5-4-6-8-11/h5-8,10H,9H2,1-3H3. The normalized spacial score (nSPS) is 15.1. The molecule has 1 unspecified atom stereocenters. The summed E-state index contributed by atoms with van der Waals surface area (Å²) in [7, 11) is 3.94. The van der Waals surface area contributed by atoms with E-state index in [0.29, 0.717) is 0 Å². The van der Waals surface area contributed by atoms with Crippen LogP contribution in [0.25, 0.3) is 0 Å². The first kappa shape index (κ1) is 10.9. The number of rotatable bonds is 4. The summed E-state index contributed by atoms with van der Waals surface area (Å²) >= 11 is 0. The van der Waals surface area contributed by atoms with Crippen molar-refractivity contribution in [3.05, 3.63) is 35.9 Å². The third kappa shape index (κ3) is 2.42. The van der Waals surface area contributed by atoms with Gasteiger partial charge in [0, 0.05) is 6.54 Å². The summed E-state index contributed by atoms with van der Waals surface area (Å²) < 4.78 is 0. The van der Waals surface area contributed by atoms with Gasteiger partial charge in [-0.15, -0.1) is 0 Å². The van der Waals surface area contributed by atoms with Gasteiger partial charge in [-0.25, -0.2) is 0 Å². The van der Waals surface area contributed by atoms with Crippen molar-refractivity contribution in [3.63, 3.8) is 0 Å². The molecule has 0 aliphatic carbocycles. The lowest BCUT2D eigenvalue weighted by Gasteiger charge is -2.27. The molecule has 1 aromatic carbocycles. The number of aldehydes is 1. The summed E-state index contributed by atoms with van der Waals surface area (Å²) in [5.74, 6) is 0. The maximum Gasteiger partial charge on any atom is 0.131 e. The van der Waals surface area contributed by atoms with Gasteiger partial charge in [0.2, 0.25) is 0 Å². The molecule has 1 radical (unpaired) electrons. The van der Waals surface area contributed by atoms with E-state index < -0.39 is 5.41 Å². The minimum Gasteiger partial charge on any atom is -0.308 e. The van der Waals surface area contributed by atoms with E-state index in [-0.39, 0.29) is 0 Å². The van der Waals surface area contributed by atoms with Crippen molar-refractivity contribution in [1.29, 1.82) is 0 Å². The molecule has 0 amide bonds. The molecule has 1 rings (SSSR count). The van der Waals surface area contributed by atoms with Crippen LogP contribution in [0.15, 0.2) is 24.3 Å². The summed E-state index contributed by atoms with van der Waals surface area (Å²) in [4.78, 5) is 13.1. The summed E-state index contributed by atoms with van der Waals surface area (Å²) in [6, 6.07) is 10.5. The molecule has 2 nitrogen and oxygen atoms in total. The van der Waals surface area contributed by atoms with E-state index in [9.17, 15) is 4.79 Å². The van der Waals surface area contributed by atoms with Crippen molar-refractivity contribution in [2.75, 3.05) is 20.6 Å². The number of carbonyl (C=O) groups excluding carboxylic acids is 1. The highest BCUT2D eigenvalue weighted by atomic mass is 16.1. The summed E-state index contributed by atoms with van der Waals surface area (Å²) in [6.45, 7) is 2.68. The van der Waals surface area contributed by atoms with Crippen molar-refractivity contribution in [2.24, 2.45) is 0 Å². The van der Waals surface area contributed by atoms with E-state index in [0.717, 1.165) is 18.4 Å². The number of nitrogens with zero attached hydrogens (tertiary/aromatic N) is 1. The Morgan fingerprint density at radius 2 is 2.00 bits per heavy atom. The van der Waals surface area contributed by atoms with E-state index in [1.54, 1.807) is 0 Å². The monoisotopic (exact) mass is 190 g/mol. The molecule has 14 heavy (non-hydrogen) atoms. The SMILES string of the molecule is CN(C)CC(C)(C=O)c1cc[c]cc1. The molecule has 1 aromatic rings. The second-order valence-electron chi connectivity index (χ2n) is 4.06. The van der Waals surface area contributed by atoms with E-state index in [2.05, 4.69) is 6.07 Å². The Labute approximate surface area is 85.5 Å². The highest BCUT2D eigenvalue weighted by molar-refractivity contribution is 5.68. The molecule has 0 fully saturated rings. The van der Waals surface area contributed by atoms with Crippen LogP contribution in [0.4, 0.5) is 0 Å². The number of hydrogen-bond acceptors (Lipinski definition) is 2. The molecule has 0 saturated carbocycles. The number of carbonyl (C=O) groups is 1. The second-order valence-corrected chi connectivity index (χ2v) is 4.06. The van der Waals surface area contributed by atoms with E-state index >= 15 is 0 Å². The van der Waals surface area contributed by atoms with Gasteiger partial charge >= 0.3 is 0 Å². The average molecular weight is 190 g/mol. The Balaban J connectivity index is 2.96. The number of benzene rings is 1. The largest absolute Gasteiger partial charge is 0.308 e. The molecule has 0 bridgehead atoms. The second kappa shape index (κ2) is 4.38. The third-order valence-corrected chi connectivity index (χ3v) is 2.28. The quantitative estimate of drug-likeness (QED) is 0.671. The van der Waals surface area contributed by atoms with Gasteiger partial charge < -0.3 is 9.69 Å². The van der Waals surface area contributed by atoms with Gasteiger partial charge in [-0.05, 0) is 32.6 Å². The predicted octanol–water partition coefficient (Wildman–Crippen LogP) is 1.50. The minimum absolute atomic E-state index is 0.418. The Hall–Kier alpha value is -1.15. The van der Waals surface area contributed by atoms with Gasteiger partial charge in [0.15, 0.2) is 0 Å². The van der Waals surface area contributed by atoms with Crippen LogP contribution < -0.4 is 0 Å². The maximum absolute atomic E-state index is 11.1. The van der Waals surface area contributed by atoms with Gasteiger partial charge in [-0.3, -0.25) is 0 Å². The van der Waals surface area contributed by atoms with Crippen LogP contribution >= 0.6 is 0 Å². The Morgan fingerprint density at radius 3 is 2.43 bits per heavy atom. The molecule has 75 valence electrons. The zero-order valence-corrected chi connectivity index (χ0v) is 8.95. The van der Waals surface area contributed by atoms with Crippen molar-refractivity contribution < 1.29 is 4.79 Å². The van der Waals surface area contributed by atoms with Crippen LogP contribution in [0.3, 0.4) is 0 Å². The van der Waals surface area contributed by atoms with Crippen molar-refractivity contribution in [3.8, 4) is 0 Å². The first-order valence-electron chi connectivity index (χ1n) is 4.66. The van der Waals surface area contributed by atoms with Gasteiger partial charge in [0.05, 0.1) is 5.41 Å². The Morgan fingerprint density at radius 1 is 1.43 bits per heavy atom. The lowest BCUT2D eigenvalue weighted by atomic mass is 9.84. The van der Waals surface area contributed by atoms with E-state index in [4.69, 9.17) is 0 Å². The lowest BCUT2D eigenvalue weighted by Crippen LogP contribution is -2.36. The van der Waals surface area contributed by atoms with Crippen LogP contribution in [0.5, 0.6) is 0 Å². The number of likely N-dealkylation sites (N-methyl/N-ethyl adjacent to an activating group) is 1. The molecule has 0 aliphatic rings. The average Bonchev–Trinajstić information content (AvgIpc) is 2.18. The van der Waals surface area contributed by atoms with Gasteiger partial charge in [0.25, 0.3) is 0 Å². The number of hydrogen-bond donors (Lipinski definition) is 0. The van der Waals surface area contributed by atoms with Crippen LogP contribution in [0, 0.1) is 6.07 Å². The fourth-order valence-corrected chi connectivity index (χ4v) is 1.62. The van der Waals surface area contributed by atoms with Gasteiger partial charge in [-0.2, -0.15) is 0 Å². The zero-order valence-electron chi connectivity index (χ0n) is 8.95. The molecule has 0 spiro atoms. The molecule has 2 heteroatoms. The predicted molar refractivity (Wildman–Crippen MR) is 57.2 cm³/mol. The van der Waals surface area contributed by atoms with Crippen LogP contribution in [0.1, 0.15) is 12.5 Å². The first-order chi connectivity index (χ1) is 6.58. The fraction of sp³-hybridized carbons (Fsp3) is 0.417. The van der Waals surface area contributed by atoms with Gasteiger partial charge in [-0.1, -0.05) is 24.3 Å². The van der Waals surface area contributed by atoms with Crippen LogP contribution in [-0.4, -0.2) is 31.8 Å². The molecule has 0 saturated heterocycles. The molecule has 0 aromatic heterocycles. The van der Waals surface area contributed by atoms with Crippen LogP contribution in [0.2, 0.25) is 0 Å². The highest BCUT2D eigenvalue weighted by Gasteiger charge is 2.26. The molecular weight excluding hydrogens is 174 g/mol. The molecule has 0 N–H and O–H groups in total. The summed E-state index contributed by atoms with van der Waals surface area (Å²) in [6.07, 6.45) is 1.02. The first-order valence-corrected chi connectivity index (χ1v) is 4.66. The lowest BCUT2D eigenvalue weighted by molar-refractivity contribution is -0.112. The van der Waals surface area contributed by atoms with Gasteiger partial charge in [0.1, 0.15) is 6.29 Å². The smallest absolute Gasteiger partial charge is 0.131 e. The summed E-state index contributed by atoms with van der Waals surface area (Å²) in [5, 5.41) is 0. The molecule has 0 heterocycles. The van der Waals surface area contributed by atoms with E-state index in [1.165, 1.54) is 0 Å². The highest BCUT2D eigenvalue weighted by Crippen LogP contribution is 2.21. The van der Waals surface area contributed by atoms with Crippen molar-refractivity contribution in [1.82, 2.24) is 4.90 Å². The molecule has 1 atom stereocenters. The zero-order chi connectivity index (χ0) is 10.6. The van der Waals surface area contributed by atoms with E-state index in [1.807, 2.05) is 50.2 Å². The molecular formula is C12H16NO. The summed E-state index contributed by atoms with van der Waals surface area (Å²) in [5.41, 5.74) is 0.624. The maximum atomic E-state index is 11.1. The van der Waals surface area contributed by atoms with Crippen molar-refractivity contribution in [2.45, 2.75) is 12.3 Å². The fourth-order valence-electron chi connectivity index (χ4n) is 1.62. The van der Waals surface area contributed by atoms with Crippen molar-refractivity contribution >= 4 is 6.29 Å². The topological polar surface area (TPSA) is 20.3 Å². The minimum atomic E-state index is -0.418. The van der Waals surface area contributed by atoms with Crippen LogP contribution in [-0.2, 0) is 10.2 Å². The third-order valence-electron chi connectivity index (χ3n) is 2.28. The Kier molecular flexibility index (Phi) is 3.42.